The average Bonchev–Trinajstić information content (AvgIpc) is 2.98. The quantitative estimate of drug-likeness (QED) is 0.457. The Morgan fingerprint density at radius 3 is 2.81 bits per heavy atom. The summed E-state index contributed by atoms with van der Waals surface area (Å²) in [6.45, 7) is 0.862. The van der Waals surface area contributed by atoms with Gasteiger partial charge in [-0.1, -0.05) is 34.1 Å². The van der Waals surface area contributed by atoms with E-state index in [1.165, 1.54) is 0 Å². The zero-order chi connectivity index (χ0) is 19.0. The number of aromatic amines is 1. The van der Waals surface area contributed by atoms with Gasteiger partial charge in [-0.05, 0) is 30.7 Å². The Hall–Kier alpha value is -2.16. The molecule has 27 heavy (non-hydrogen) atoms. The normalized spacial score (nSPS) is 13.2. The highest BCUT2D eigenvalue weighted by Crippen LogP contribution is 2.27. The van der Waals surface area contributed by atoms with E-state index in [4.69, 9.17) is 9.41 Å². The number of aromatic nitrogens is 1. The summed E-state index contributed by atoms with van der Waals surface area (Å²) in [5.74, 6) is 0. The van der Waals surface area contributed by atoms with Gasteiger partial charge in [0.25, 0.3) is 0 Å². The smallest absolute Gasteiger partial charge is 0.208 e. The summed E-state index contributed by atoms with van der Waals surface area (Å²) in [6.07, 6.45) is 1.77. The Morgan fingerprint density at radius 2 is 2.00 bits per heavy atom. The summed E-state index contributed by atoms with van der Waals surface area (Å²) in [4.78, 5) is 8.13. The van der Waals surface area contributed by atoms with E-state index in [0.717, 1.165) is 43.3 Å². The molecular weight excluding hydrogens is 430 g/mol. The van der Waals surface area contributed by atoms with Gasteiger partial charge in [0.15, 0.2) is 0 Å². The molecule has 0 atom stereocenters. The highest BCUT2D eigenvalue weighted by Gasteiger charge is 2.12. The van der Waals surface area contributed by atoms with E-state index < -0.39 is 10.0 Å². The number of hydrogen-bond acceptors (Lipinski definition) is 4. The summed E-state index contributed by atoms with van der Waals surface area (Å²) < 4.78 is 31.9. The summed E-state index contributed by atoms with van der Waals surface area (Å²) in [5.41, 5.74) is 2.41. The third kappa shape index (κ3) is 3.78. The van der Waals surface area contributed by atoms with Gasteiger partial charge >= 0.3 is 0 Å². The van der Waals surface area contributed by atoms with E-state index >= 15 is 0 Å². The van der Waals surface area contributed by atoms with Gasteiger partial charge in [0.2, 0.25) is 15.7 Å². The van der Waals surface area contributed by atoms with E-state index in [1.807, 2.05) is 42.5 Å². The van der Waals surface area contributed by atoms with Crippen LogP contribution in [-0.4, -0.2) is 32.7 Å². The predicted octanol–water partition coefficient (Wildman–Crippen LogP) is 3.67. The maximum Gasteiger partial charge on any atom is 0.208 e. The number of sulfonamides is 1. The Labute approximate surface area is 164 Å². The molecule has 0 bridgehead atoms. The third-order valence-electron chi connectivity index (χ3n) is 4.29. The van der Waals surface area contributed by atoms with E-state index in [2.05, 4.69) is 25.6 Å². The van der Waals surface area contributed by atoms with Crippen LogP contribution in [0.3, 0.4) is 0 Å². The highest BCUT2D eigenvalue weighted by atomic mass is 79.9. The molecule has 0 amide bonds. The fourth-order valence-corrected chi connectivity index (χ4v) is 4.02. The van der Waals surface area contributed by atoms with Crippen LogP contribution in [-0.2, 0) is 10.0 Å². The molecule has 0 aliphatic heterocycles. The monoisotopic (exact) mass is 447 g/mol. The lowest BCUT2D eigenvalue weighted by atomic mass is 10.1. The minimum Gasteiger partial charge on any atom is -0.440 e. The molecule has 6 nitrogen and oxygen atoms in total. The predicted molar refractivity (Wildman–Crippen MR) is 111 cm³/mol. The number of halogens is 1. The average molecular weight is 448 g/mol. The SMILES string of the molecule is CS(=O)(=O)NCCCN=c1c2cc(Br)ccc2oc2[nH]c3ccccc3c12. The second-order valence-corrected chi connectivity index (χ2v) is 9.12. The molecule has 2 aromatic heterocycles. The van der Waals surface area contributed by atoms with Crippen molar-refractivity contribution in [3.05, 3.63) is 52.3 Å². The molecule has 2 N–H and O–H groups in total. The third-order valence-corrected chi connectivity index (χ3v) is 5.51. The molecule has 0 fully saturated rings. The van der Waals surface area contributed by atoms with Gasteiger partial charge in [0.05, 0.1) is 17.0 Å². The number of nitrogens with zero attached hydrogens (tertiary/aromatic N) is 1. The van der Waals surface area contributed by atoms with Gasteiger partial charge in [0.1, 0.15) is 5.58 Å². The topological polar surface area (TPSA) is 87.5 Å². The summed E-state index contributed by atoms with van der Waals surface area (Å²) in [6, 6.07) is 13.8. The van der Waals surface area contributed by atoms with Crippen molar-refractivity contribution >= 4 is 58.9 Å². The second kappa shape index (κ2) is 7.10. The number of benzene rings is 2. The van der Waals surface area contributed by atoms with Crippen LogP contribution >= 0.6 is 15.9 Å². The van der Waals surface area contributed by atoms with Crippen molar-refractivity contribution in [2.75, 3.05) is 19.3 Å². The lowest BCUT2D eigenvalue weighted by Crippen LogP contribution is -2.23. The molecule has 0 spiro atoms. The number of H-pyrrole nitrogens is 1. The summed E-state index contributed by atoms with van der Waals surface area (Å²) in [7, 11) is -3.18. The molecule has 4 rings (SSSR count). The fourth-order valence-electron chi connectivity index (χ4n) is 3.14. The molecule has 2 heterocycles. The Balaban J connectivity index is 1.88. The van der Waals surface area contributed by atoms with Crippen molar-refractivity contribution in [1.29, 1.82) is 0 Å². The molecule has 0 aliphatic rings. The van der Waals surface area contributed by atoms with Gasteiger partial charge in [-0.2, -0.15) is 0 Å². The molecule has 0 unspecified atom stereocenters. The van der Waals surface area contributed by atoms with Crippen molar-refractivity contribution in [2.45, 2.75) is 6.42 Å². The van der Waals surface area contributed by atoms with Gasteiger partial charge in [-0.3, -0.25) is 4.99 Å². The summed E-state index contributed by atoms with van der Waals surface area (Å²) >= 11 is 3.52. The van der Waals surface area contributed by atoms with E-state index in [9.17, 15) is 8.42 Å². The highest BCUT2D eigenvalue weighted by molar-refractivity contribution is 9.10. The van der Waals surface area contributed by atoms with Crippen molar-refractivity contribution < 1.29 is 12.8 Å². The second-order valence-electron chi connectivity index (χ2n) is 6.37. The number of rotatable bonds is 5. The van der Waals surface area contributed by atoms with Gasteiger partial charge in [-0.15, -0.1) is 0 Å². The Bertz CT molecular complexity index is 1320. The number of para-hydroxylation sites is 1. The van der Waals surface area contributed by atoms with Crippen molar-refractivity contribution in [3.8, 4) is 0 Å². The van der Waals surface area contributed by atoms with Crippen molar-refractivity contribution in [1.82, 2.24) is 9.71 Å². The summed E-state index contributed by atoms with van der Waals surface area (Å²) in [5, 5.41) is 3.75. The van der Waals surface area contributed by atoms with Crippen LogP contribution in [0.1, 0.15) is 6.42 Å². The molecular formula is C19H18BrN3O3S. The van der Waals surface area contributed by atoms with Crippen LogP contribution < -0.4 is 10.1 Å². The number of nitrogens with one attached hydrogen (secondary N) is 2. The molecule has 140 valence electrons. The standard InChI is InChI=1S/C19H18BrN3O3S/c1-27(24,25)22-10-4-9-21-18-14-11-12(20)7-8-16(14)26-19-17(18)13-5-2-3-6-15(13)23-19/h2-3,5-8,11,22-23H,4,9-10H2,1H3. The van der Waals surface area contributed by atoms with E-state index in [0.29, 0.717) is 25.2 Å². The van der Waals surface area contributed by atoms with E-state index in [-0.39, 0.29) is 0 Å². The zero-order valence-electron chi connectivity index (χ0n) is 14.6. The molecule has 0 saturated carbocycles. The maximum absolute atomic E-state index is 11.2. The van der Waals surface area contributed by atoms with Crippen LogP contribution in [0.2, 0.25) is 0 Å². The van der Waals surface area contributed by atoms with Crippen molar-refractivity contribution in [3.63, 3.8) is 0 Å². The van der Waals surface area contributed by atoms with Gasteiger partial charge in [-0.25, -0.2) is 13.1 Å². The van der Waals surface area contributed by atoms with Gasteiger partial charge < -0.3 is 9.40 Å². The first kappa shape index (κ1) is 18.2. The first-order valence-electron chi connectivity index (χ1n) is 8.50. The van der Waals surface area contributed by atoms with Crippen LogP contribution in [0.4, 0.5) is 0 Å². The maximum atomic E-state index is 11.2. The molecule has 0 aliphatic carbocycles. The molecule has 8 heteroatoms. The zero-order valence-corrected chi connectivity index (χ0v) is 17.0. The lowest BCUT2D eigenvalue weighted by molar-refractivity contribution is 0.585. The van der Waals surface area contributed by atoms with Crippen LogP contribution in [0.5, 0.6) is 0 Å². The first-order chi connectivity index (χ1) is 12.9. The Morgan fingerprint density at radius 1 is 1.19 bits per heavy atom. The van der Waals surface area contributed by atoms with E-state index in [1.54, 1.807) is 0 Å². The van der Waals surface area contributed by atoms with Crippen LogP contribution in [0.25, 0.3) is 33.0 Å². The van der Waals surface area contributed by atoms with Gasteiger partial charge in [0, 0.05) is 33.9 Å². The molecule has 4 aromatic rings. The minimum atomic E-state index is -3.18. The fraction of sp³-hybridized carbons (Fsp3) is 0.211. The van der Waals surface area contributed by atoms with Crippen LogP contribution in [0, 0.1) is 0 Å². The lowest BCUT2D eigenvalue weighted by Gasteiger charge is -2.03. The molecule has 2 aromatic carbocycles. The number of hydrogen-bond donors (Lipinski definition) is 2. The number of fused-ring (bicyclic) bond motifs is 4. The minimum absolute atomic E-state index is 0.359. The largest absolute Gasteiger partial charge is 0.440 e. The molecule has 0 radical (unpaired) electrons. The van der Waals surface area contributed by atoms with Crippen LogP contribution in [0.15, 0.2) is 56.3 Å². The first-order valence-corrected chi connectivity index (χ1v) is 11.2. The molecule has 0 saturated heterocycles. The van der Waals surface area contributed by atoms with Crippen molar-refractivity contribution in [2.24, 2.45) is 4.99 Å². The Kier molecular flexibility index (Phi) is 4.79.